The van der Waals surface area contributed by atoms with E-state index in [4.69, 9.17) is 18.1 Å². The lowest BCUT2D eigenvalue weighted by atomic mass is 10.3. The molecule has 0 aliphatic heterocycles. The Labute approximate surface area is 185 Å². The van der Waals surface area contributed by atoms with Crippen molar-refractivity contribution in [3.05, 3.63) is 12.2 Å². The lowest BCUT2D eigenvalue weighted by Gasteiger charge is -2.23. The van der Waals surface area contributed by atoms with Gasteiger partial charge in [-0.05, 0) is 53.4 Å². The third-order valence-electron chi connectivity index (χ3n) is 4.08. The van der Waals surface area contributed by atoms with Gasteiger partial charge in [0.15, 0.2) is 0 Å². The van der Waals surface area contributed by atoms with Crippen LogP contribution in [-0.2, 0) is 18.1 Å². The van der Waals surface area contributed by atoms with E-state index in [1.807, 2.05) is 0 Å². The normalized spacial score (nSPS) is 18.7. The molecule has 28 heavy (non-hydrogen) atoms. The molecule has 4 atom stereocenters. The number of hydrogen-bond donors (Lipinski definition) is 0. The van der Waals surface area contributed by atoms with Gasteiger partial charge in [-0.1, -0.05) is 62.6 Å². The highest BCUT2D eigenvalue weighted by Gasteiger charge is 2.18. The van der Waals surface area contributed by atoms with Gasteiger partial charge in [-0.3, -0.25) is 0 Å². The highest BCUT2D eigenvalue weighted by Crippen LogP contribution is 2.55. The van der Waals surface area contributed by atoms with E-state index in [1.165, 1.54) is 0 Å². The monoisotopic (exact) mass is 472 g/mol. The van der Waals surface area contributed by atoms with Crippen LogP contribution in [0, 0.1) is 0 Å². The molecule has 0 aromatic rings. The largest absolute Gasteiger partial charge is 0.323 e. The van der Waals surface area contributed by atoms with Crippen LogP contribution in [0.1, 0.15) is 81.1 Å². The van der Waals surface area contributed by atoms with Crippen LogP contribution in [0.25, 0.3) is 0 Å². The summed E-state index contributed by atoms with van der Waals surface area (Å²) in [5, 5.41) is 0. The van der Waals surface area contributed by atoms with Crippen LogP contribution >= 0.6 is 37.9 Å². The average Bonchev–Trinajstić information content (AvgIpc) is 2.69. The summed E-state index contributed by atoms with van der Waals surface area (Å²) in [4.78, 5) is 0. The minimum Gasteiger partial charge on any atom is -0.323 e. The van der Waals surface area contributed by atoms with Crippen LogP contribution in [0.15, 0.2) is 12.2 Å². The van der Waals surface area contributed by atoms with Crippen LogP contribution in [0.5, 0.6) is 0 Å². The van der Waals surface area contributed by atoms with Gasteiger partial charge in [-0.15, -0.1) is 0 Å². The zero-order chi connectivity index (χ0) is 21.4. The van der Waals surface area contributed by atoms with Crippen molar-refractivity contribution in [2.75, 3.05) is 11.5 Å². The molecule has 4 nitrogen and oxygen atoms in total. The first kappa shape index (κ1) is 29.1. The van der Waals surface area contributed by atoms with Crippen molar-refractivity contribution in [2.24, 2.45) is 0 Å². The third-order valence-corrected chi connectivity index (χ3v) is 10.5. The van der Waals surface area contributed by atoms with Crippen LogP contribution < -0.4 is 0 Å². The maximum atomic E-state index is 6.06. The van der Waals surface area contributed by atoms with Crippen molar-refractivity contribution in [1.82, 2.24) is 0 Å². The first-order valence-corrected chi connectivity index (χ1v) is 16.1. The van der Waals surface area contributed by atoms with Crippen LogP contribution in [-0.4, -0.2) is 35.9 Å². The zero-order valence-corrected chi connectivity index (χ0v) is 22.5. The molecule has 0 spiro atoms. The van der Waals surface area contributed by atoms with Gasteiger partial charge in [0.1, 0.15) is 0 Å². The topological polar surface area (TPSA) is 36.9 Å². The maximum absolute atomic E-state index is 6.06. The third kappa shape index (κ3) is 15.9. The zero-order valence-electron chi connectivity index (χ0n) is 19.1. The number of rotatable bonds is 18. The lowest BCUT2D eigenvalue weighted by Crippen LogP contribution is -2.07. The fraction of sp³-hybridized carbons (Fsp3) is 0.900. The van der Waals surface area contributed by atoms with Crippen molar-refractivity contribution in [3.63, 3.8) is 0 Å². The molecule has 0 saturated heterocycles. The molecule has 0 bridgehead atoms. The van der Waals surface area contributed by atoms with Gasteiger partial charge in [0.25, 0.3) is 0 Å². The molecule has 168 valence electrons. The molecule has 0 heterocycles. The summed E-state index contributed by atoms with van der Waals surface area (Å²) in [6.45, 7) is 17.0. The molecule has 0 fully saturated rings. The molecule has 0 aliphatic rings. The summed E-state index contributed by atoms with van der Waals surface area (Å²) < 4.78 is 24.2. The van der Waals surface area contributed by atoms with E-state index in [1.54, 1.807) is 22.8 Å². The van der Waals surface area contributed by atoms with E-state index in [0.717, 1.165) is 37.2 Å². The summed E-state index contributed by atoms with van der Waals surface area (Å²) in [6, 6.07) is 0. The Morgan fingerprint density at radius 3 is 1.04 bits per heavy atom. The summed E-state index contributed by atoms with van der Waals surface area (Å²) in [7, 11) is -1.80. The predicted octanol–water partition coefficient (Wildman–Crippen LogP) is 8.72. The summed E-state index contributed by atoms with van der Waals surface area (Å²) in [6.07, 6.45) is 9.37. The highest BCUT2D eigenvalue weighted by atomic mass is 32.7. The van der Waals surface area contributed by atoms with E-state index < -0.39 is 15.2 Å². The predicted molar refractivity (Wildman–Crippen MR) is 131 cm³/mol. The first-order valence-electron chi connectivity index (χ1n) is 10.5. The second-order valence-corrected chi connectivity index (χ2v) is 13.1. The van der Waals surface area contributed by atoms with E-state index in [0.29, 0.717) is 0 Å². The average molecular weight is 473 g/mol. The molecule has 0 saturated carbocycles. The smallest absolute Gasteiger partial charge is 0.238 e. The Bertz CT molecular complexity index is 333. The van der Waals surface area contributed by atoms with Crippen molar-refractivity contribution in [2.45, 2.75) is 105 Å². The van der Waals surface area contributed by atoms with E-state index >= 15 is 0 Å². The Balaban J connectivity index is 4.36. The Morgan fingerprint density at radius 2 is 0.821 bits per heavy atom. The molecular weight excluding hydrogens is 430 g/mol. The Hall–Kier alpha value is 1.14. The van der Waals surface area contributed by atoms with E-state index in [-0.39, 0.29) is 24.4 Å². The van der Waals surface area contributed by atoms with Crippen molar-refractivity contribution in [3.8, 4) is 0 Å². The maximum Gasteiger partial charge on any atom is 0.238 e. The van der Waals surface area contributed by atoms with Crippen LogP contribution in [0.2, 0.25) is 0 Å². The molecule has 0 N–H and O–H groups in total. The van der Waals surface area contributed by atoms with Gasteiger partial charge in [0, 0.05) is 11.5 Å². The van der Waals surface area contributed by atoms with Gasteiger partial charge in [-0.2, -0.15) is 0 Å². The Morgan fingerprint density at radius 1 is 0.571 bits per heavy atom. The molecule has 0 radical (unpaired) electrons. The molecule has 4 unspecified atom stereocenters. The molecular formula is C20H42O4P2S2. The molecule has 0 aliphatic carbocycles. The fourth-order valence-corrected chi connectivity index (χ4v) is 7.94. The fourth-order valence-electron chi connectivity index (χ4n) is 1.40. The summed E-state index contributed by atoms with van der Waals surface area (Å²) in [5.41, 5.74) is 0. The van der Waals surface area contributed by atoms with Crippen molar-refractivity contribution in [1.29, 1.82) is 0 Å². The molecule has 0 rings (SSSR count). The van der Waals surface area contributed by atoms with E-state index in [2.05, 4.69) is 67.5 Å². The molecule has 0 aromatic carbocycles. The van der Waals surface area contributed by atoms with Crippen LogP contribution in [0.3, 0.4) is 0 Å². The standard InChI is InChI=1S/C20H42O4P2S2/c1-9-17(5)21-25(22-18(6)10-2)27-15-13-14-16-28-26(23-19(7)11-3)24-20(8)12-4/h13-14,17-20H,9-12,15-16H2,1-8H3. The SMILES string of the molecule is CCC(C)OP(OC(C)CC)SCC=CCSP(OC(C)CC)OC(C)CC. The van der Waals surface area contributed by atoms with Gasteiger partial charge in [-0.25, -0.2) is 0 Å². The van der Waals surface area contributed by atoms with Crippen LogP contribution in [0.4, 0.5) is 0 Å². The lowest BCUT2D eigenvalue weighted by molar-refractivity contribution is 0.165. The highest BCUT2D eigenvalue weighted by molar-refractivity contribution is 8.53. The minimum atomic E-state index is -0.899. The number of hydrogen-bond acceptors (Lipinski definition) is 6. The van der Waals surface area contributed by atoms with Crippen molar-refractivity contribution >= 4 is 37.9 Å². The minimum absolute atomic E-state index is 0.237. The second-order valence-electron chi connectivity index (χ2n) is 6.81. The van der Waals surface area contributed by atoms with Gasteiger partial charge < -0.3 is 18.1 Å². The summed E-state index contributed by atoms with van der Waals surface area (Å²) >= 11 is 3.53. The molecule has 8 heteroatoms. The van der Waals surface area contributed by atoms with E-state index in [9.17, 15) is 0 Å². The van der Waals surface area contributed by atoms with Gasteiger partial charge >= 0.3 is 0 Å². The first-order chi connectivity index (χ1) is 13.4. The molecule has 0 amide bonds. The van der Waals surface area contributed by atoms with Gasteiger partial charge in [0.2, 0.25) is 15.2 Å². The Kier molecular flexibility index (Phi) is 19.6. The quantitative estimate of drug-likeness (QED) is 0.147. The van der Waals surface area contributed by atoms with Gasteiger partial charge in [0.05, 0.1) is 24.4 Å². The second kappa shape index (κ2) is 18.9. The molecule has 0 aromatic heterocycles. The summed E-state index contributed by atoms with van der Waals surface area (Å²) in [5.74, 6) is 1.80. The van der Waals surface area contributed by atoms with Crippen molar-refractivity contribution < 1.29 is 18.1 Å².